The van der Waals surface area contributed by atoms with Gasteiger partial charge in [0.05, 0.1) is 19.8 Å². The van der Waals surface area contributed by atoms with Crippen molar-refractivity contribution < 1.29 is 14.3 Å². The Hall–Kier alpha value is -1.52. The second-order valence-corrected chi connectivity index (χ2v) is 5.23. The summed E-state index contributed by atoms with van der Waals surface area (Å²) in [6, 6.07) is 10.2. The van der Waals surface area contributed by atoms with Crippen molar-refractivity contribution in [2.75, 3.05) is 14.2 Å². The summed E-state index contributed by atoms with van der Waals surface area (Å²) in [7, 11) is 3.06. The fourth-order valence-electron chi connectivity index (χ4n) is 1.86. The van der Waals surface area contributed by atoms with E-state index in [2.05, 4.69) is 15.9 Å². The molecule has 2 rings (SSSR count). The van der Waals surface area contributed by atoms with Crippen molar-refractivity contribution in [3.63, 3.8) is 0 Å². The largest absolute Gasteiger partial charge is 0.495 e. The van der Waals surface area contributed by atoms with Crippen LogP contribution in [-0.4, -0.2) is 20.0 Å². The second-order valence-electron chi connectivity index (χ2n) is 4.00. The predicted molar refractivity (Wildman–Crippen MR) is 82.1 cm³/mol. The van der Waals surface area contributed by atoms with Crippen LogP contribution >= 0.6 is 27.5 Å². The van der Waals surface area contributed by atoms with Gasteiger partial charge in [-0.3, -0.25) is 4.79 Å². The highest BCUT2D eigenvalue weighted by molar-refractivity contribution is 9.10. The van der Waals surface area contributed by atoms with Gasteiger partial charge < -0.3 is 9.47 Å². The molecule has 0 saturated heterocycles. The van der Waals surface area contributed by atoms with E-state index in [-0.39, 0.29) is 5.78 Å². The number of hydrogen-bond acceptors (Lipinski definition) is 3. The number of carbonyl (C=O) groups excluding carboxylic acids is 1. The third-order valence-corrected chi connectivity index (χ3v) is 3.80. The molecule has 0 heterocycles. The number of ketones is 1. The van der Waals surface area contributed by atoms with E-state index in [4.69, 9.17) is 21.1 Å². The zero-order valence-electron chi connectivity index (χ0n) is 10.9. The molecule has 104 valence electrons. The standard InChI is InChI=1S/C15H12BrClO3/c1-19-12-7-6-11(15(20-2)13(12)16)14(18)9-4-3-5-10(17)8-9/h3-8H,1-2H3. The van der Waals surface area contributed by atoms with E-state index in [0.29, 0.717) is 32.1 Å². The highest BCUT2D eigenvalue weighted by Gasteiger charge is 2.19. The average molecular weight is 356 g/mol. The summed E-state index contributed by atoms with van der Waals surface area (Å²) in [6.45, 7) is 0. The summed E-state index contributed by atoms with van der Waals surface area (Å²) >= 11 is 9.30. The molecule has 0 bridgehead atoms. The van der Waals surface area contributed by atoms with Crippen molar-refractivity contribution >= 4 is 33.3 Å². The van der Waals surface area contributed by atoms with E-state index in [9.17, 15) is 4.79 Å². The minimum atomic E-state index is -0.160. The Labute approximate surface area is 130 Å². The predicted octanol–water partition coefficient (Wildman–Crippen LogP) is 4.35. The quantitative estimate of drug-likeness (QED) is 0.765. The zero-order valence-corrected chi connectivity index (χ0v) is 13.3. The van der Waals surface area contributed by atoms with Crippen LogP contribution in [-0.2, 0) is 0 Å². The van der Waals surface area contributed by atoms with Crippen LogP contribution in [0.25, 0.3) is 0 Å². The van der Waals surface area contributed by atoms with Crippen molar-refractivity contribution in [1.82, 2.24) is 0 Å². The molecule has 0 unspecified atom stereocenters. The van der Waals surface area contributed by atoms with Crippen LogP contribution in [0.3, 0.4) is 0 Å². The molecule has 0 aliphatic rings. The van der Waals surface area contributed by atoms with Crippen LogP contribution in [0.4, 0.5) is 0 Å². The maximum absolute atomic E-state index is 12.5. The molecule has 2 aromatic rings. The molecule has 5 heteroatoms. The molecule has 0 amide bonds. The molecular weight excluding hydrogens is 344 g/mol. The van der Waals surface area contributed by atoms with Gasteiger partial charge in [-0.1, -0.05) is 23.7 Å². The van der Waals surface area contributed by atoms with Gasteiger partial charge in [-0.15, -0.1) is 0 Å². The number of hydrogen-bond donors (Lipinski definition) is 0. The van der Waals surface area contributed by atoms with Gasteiger partial charge in [-0.2, -0.15) is 0 Å². The van der Waals surface area contributed by atoms with Gasteiger partial charge in [0.1, 0.15) is 16.0 Å². The lowest BCUT2D eigenvalue weighted by Gasteiger charge is -2.12. The van der Waals surface area contributed by atoms with E-state index in [1.54, 1.807) is 43.5 Å². The molecule has 0 spiro atoms. The first kappa shape index (κ1) is 14.9. The second kappa shape index (κ2) is 6.29. The molecule has 0 radical (unpaired) electrons. The molecule has 0 N–H and O–H groups in total. The van der Waals surface area contributed by atoms with E-state index < -0.39 is 0 Å². The Morgan fingerprint density at radius 2 is 1.90 bits per heavy atom. The number of rotatable bonds is 4. The average Bonchev–Trinajstić information content (AvgIpc) is 2.46. The first-order chi connectivity index (χ1) is 9.58. The van der Waals surface area contributed by atoms with E-state index in [0.717, 1.165) is 0 Å². The van der Waals surface area contributed by atoms with Crippen molar-refractivity contribution in [2.45, 2.75) is 0 Å². The number of benzene rings is 2. The van der Waals surface area contributed by atoms with Crippen molar-refractivity contribution in [1.29, 1.82) is 0 Å². The SMILES string of the molecule is COc1ccc(C(=O)c2cccc(Cl)c2)c(OC)c1Br. The van der Waals surface area contributed by atoms with Crippen molar-refractivity contribution in [3.05, 3.63) is 57.0 Å². The zero-order chi connectivity index (χ0) is 14.7. The van der Waals surface area contributed by atoms with E-state index >= 15 is 0 Å². The summed E-state index contributed by atoms with van der Waals surface area (Å²) in [5.74, 6) is 0.881. The van der Waals surface area contributed by atoms with Crippen LogP contribution < -0.4 is 9.47 Å². The summed E-state index contributed by atoms with van der Waals surface area (Å²) in [5.41, 5.74) is 0.954. The van der Waals surface area contributed by atoms with Gasteiger partial charge in [0.2, 0.25) is 0 Å². The molecule has 0 aliphatic carbocycles. The number of ether oxygens (including phenoxy) is 2. The van der Waals surface area contributed by atoms with Crippen LogP contribution in [0.1, 0.15) is 15.9 Å². The van der Waals surface area contributed by atoms with Crippen LogP contribution in [0, 0.1) is 0 Å². The fourth-order valence-corrected chi connectivity index (χ4v) is 2.72. The number of carbonyl (C=O) groups is 1. The smallest absolute Gasteiger partial charge is 0.196 e. The maximum Gasteiger partial charge on any atom is 0.196 e. The molecule has 2 aromatic carbocycles. The maximum atomic E-state index is 12.5. The van der Waals surface area contributed by atoms with Crippen LogP contribution in [0.2, 0.25) is 5.02 Å². The van der Waals surface area contributed by atoms with Gasteiger partial charge in [0, 0.05) is 10.6 Å². The monoisotopic (exact) mass is 354 g/mol. The Morgan fingerprint density at radius 3 is 2.50 bits per heavy atom. The highest BCUT2D eigenvalue weighted by atomic mass is 79.9. The first-order valence-electron chi connectivity index (χ1n) is 5.79. The van der Waals surface area contributed by atoms with Gasteiger partial charge in [0.25, 0.3) is 0 Å². The molecule has 0 fully saturated rings. The highest BCUT2D eigenvalue weighted by Crippen LogP contribution is 2.38. The summed E-state index contributed by atoms with van der Waals surface area (Å²) in [4.78, 5) is 12.5. The first-order valence-corrected chi connectivity index (χ1v) is 6.96. The molecule has 0 aliphatic heterocycles. The van der Waals surface area contributed by atoms with Gasteiger partial charge in [-0.05, 0) is 40.2 Å². The molecular formula is C15H12BrClO3. The van der Waals surface area contributed by atoms with Crippen LogP contribution in [0.5, 0.6) is 11.5 Å². The molecule has 0 atom stereocenters. The Kier molecular flexibility index (Phi) is 4.68. The van der Waals surface area contributed by atoms with Gasteiger partial charge >= 0.3 is 0 Å². The molecule has 0 saturated carbocycles. The fraction of sp³-hybridized carbons (Fsp3) is 0.133. The lowest BCUT2D eigenvalue weighted by Crippen LogP contribution is -2.05. The summed E-state index contributed by atoms with van der Waals surface area (Å²) < 4.78 is 11.1. The minimum absolute atomic E-state index is 0.160. The third kappa shape index (κ3) is 2.81. The lowest BCUT2D eigenvalue weighted by atomic mass is 10.0. The molecule has 3 nitrogen and oxygen atoms in total. The topological polar surface area (TPSA) is 35.5 Å². The van der Waals surface area contributed by atoms with Crippen LogP contribution in [0.15, 0.2) is 40.9 Å². The Balaban J connectivity index is 2.52. The molecule has 0 aromatic heterocycles. The Morgan fingerprint density at radius 1 is 1.15 bits per heavy atom. The number of methoxy groups -OCH3 is 2. The van der Waals surface area contributed by atoms with Gasteiger partial charge in [0.15, 0.2) is 5.78 Å². The normalized spacial score (nSPS) is 10.2. The number of halogens is 2. The minimum Gasteiger partial charge on any atom is -0.495 e. The lowest BCUT2D eigenvalue weighted by molar-refractivity contribution is 0.103. The summed E-state index contributed by atoms with van der Waals surface area (Å²) in [5, 5.41) is 0.516. The van der Waals surface area contributed by atoms with E-state index in [1.807, 2.05) is 0 Å². The molecule has 20 heavy (non-hydrogen) atoms. The van der Waals surface area contributed by atoms with E-state index in [1.165, 1.54) is 7.11 Å². The summed E-state index contributed by atoms with van der Waals surface area (Å²) in [6.07, 6.45) is 0. The van der Waals surface area contributed by atoms with Crippen molar-refractivity contribution in [3.8, 4) is 11.5 Å². The Bertz CT molecular complexity index is 656. The third-order valence-electron chi connectivity index (χ3n) is 2.82. The van der Waals surface area contributed by atoms with Gasteiger partial charge in [-0.25, -0.2) is 0 Å². The van der Waals surface area contributed by atoms with Crippen molar-refractivity contribution in [2.24, 2.45) is 0 Å².